The third-order valence-electron chi connectivity index (χ3n) is 0.905. The number of ether oxygens (including phenoxy) is 1. The zero-order valence-corrected chi connectivity index (χ0v) is 4.98. The van der Waals surface area contributed by atoms with Crippen molar-refractivity contribution in [3.8, 4) is 0 Å². The molecule has 0 aliphatic carbocycles. The average molecular weight is 103 g/mol. The van der Waals surface area contributed by atoms with Gasteiger partial charge < -0.3 is 10.5 Å². The van der Waals surface area contributed by atoms with Gasteiger partial charge in [-0.05, 0) is 6.42 Å². The van der Waals surface area contributed by atoms with E-state index < -0.39 is 0 Å². The third kappa shape index (κ3) is 3.76. The van der Waals surface area contributed by atoms with Crippen molar-refractivity contribution >= 4 is 0 Å². The number of rotatable bonds is 3. The van der Waals surface area contributed by atoms with Crippen molar-refractivity contribution in [2.75, 3.05) is 13.7 Å². The van der Waals surface area contributed by atoms with Crippen molar-refractivity contribution in [2.45, 2.75) is 19.4 Å². The van der Waals surface area contributed by atoms with E-state index in [1.807, 2.05) is 6.92 Å². The van der Waals surface area contributed by atoms with Gasteiger partial charge >= 0.3 is 0 Å². The summed E-state index contributed by atoms with van der Waals surface area (Å²) in [6.07, 6.45) is 0.994. The van der Waals surface area contributed by atoms with Crippen molar-refractivity contribution in [3.05, 3.63) is 0 Å². The number of hydrogen-bond acceptors (Lipinski definition) is 2. The minimum atomic E-state index is 0.227. The lowest BCUT2D eigenvalue weighted by Crippen LogP contribution is -2.23. The Morgan fingerprint density at radius 3 is 2.43 bits per heavy atom. The van der Waals surface area contributed by atoms with Crippen molar-refractivity contribution in [1.82, 2.24) is 0 Å². The summed E-state index contributed by atoms with van der Waals surface area (Å²) in [5, 5.41) is 0. The predicted octanol–water partition coefficient (Wildman–Crippen LogP) is 0.370. The Labute approximate surface area is 44.7 Å². The molecular formula is C5H13NO. The first-order valence-electron chi connectivity index (χ1n) is 2.55. The molecule has 2 heteroatoms. The molecule has 0 fully saturated rings. The standard InChI is InChI=1S/C5H13NO/c1-3-5(6)4-7-2/h5H,3-4,6H2,1-2H3/t5-/m1/s1. The molecule has 1 atom stereocenters. The highest BCUT2D eigenvalue weighted by Gasteiger charge is 1.93. The van der Waals surface area contributed by atoms with Gasteiger partial charge in [-0.25, -0.2) is 0 Å². The van der Waals surface area contributed by atoms with Crippen LogP contribution < -0.4 is 5.73 Å². The highest BCUT2D eigenvalue weighted by molar-refractivity contribution is 4.53. The maximum absolute atomic E-state index is 5.46. The van der Waals surface area contributed by atoms with Gasteiger partial charge in [-0.1, -0.05) is 6.92 Å². The maximum atomic E-state index is 5.46. The second-order valence-electron chi connectivity index (χ2n) is 1.62. The monoisotopic (exact) mass is 103 g/mol. The number of hydrogen-bond donors (Lipinski definition) is 1. The summed E-state index contributed by atoms with van der Waals surface area (Å²) in [6, 6.07) is 0.227. The molecule has 0 aliphatic heterocycles. The molecule has 0 unspecified atom stereocenters. The Balaban J connectivity index is 2.83. The molecule has 0 aromatic carbocycles. The van der Waals surface area contributed by atoms with E-state index in [2.05, 4.69) is 0 Å². The van der Waals surface area contributed by atoms with E-state index in [0.717, 1.165) is 6.42 Å². The van der Waals surface area contributed by atoms with Crippen molar-refractivity contribution in [3.63, 3.8) is 0 Å². The predicted molar refractivity (Wildman–Crippen MR) is 30.1 cm³/mol. The van der Waals surface area contributed by atoms with E-state index >= 15 is 0 Å². The SMILES string of the molecule is CC[C@@H](N)COC. The van der Waals surface area contributed by atoms with Gasteiger partial charge in [0.15, 0.2) is 0 Å². The van der Waals surface area contributed by atoms with Gasteiger partial charge in [-0.2, -0.15) is 0 Å². The van der Waals surface area contributed by atoms with Crippen molar-refractivity contribution in [2.24, 2.45) is 5.73 Å². The highest BCUT2D eigenvalue weighted by Crippen LogP contribution is 1.83. The molecule has 0 saturated heterocycles. The first-order valence-corrected chi connectivity index (χ1v) is 2.55. The summed E-state index contributed by atoms with van der Waals surface area (Å²) in [4.78, 5) is 0. The molecule has 0 heterocycles. The van der Waals surface area contributed by atoms with E-state index in [9.17, 15) is 0 Å². The molecule has 0 aliphatic rings. The Bertz CT molecular complexity index is 39.1. The highest BCUT2D eigenvalue weighted by atomic mass is 16.5. The fourth-order valence-corrected chi connectivity index (χ4v) is 0.332. The molecule has 0 bridgehead atoms. The van der Waals surface area contributed by atoms with Crippen LogP contribution in [0.1, 0.15) is 13.3 Å². The lowest BCUT2D eigenvalue weighted by atomic mass is 10.3. The summed E-state index contributed by atoms with van der Waals surface area (Å²) < 4.78 is 4.77. The molecule has 0 aromatic heterocycles. The quantitative estimate of drug-likeness (QED) is 0.560. The molecule has 0 saturated carbocycles. The van der Waals surface area contributed by atoms with Crippen LogP contribution in [0.5, 0.6) is 0 Å². The Morgan fingerprint density at radius 1 is 1.71 bits per heavy atom. The van der Waals surface area contributed by atoms with E-state index in [-0.39, 0.29) is 6.04 Å². The normalized spacial score (nSPS) is 14.1. The summed E-state index contributed by atoms with van der Waals surface area (Å²) >= 11 is 0. The van der Waals surface area contributed by atoms with Crippen LogP contribution in [0.4, 0.5) is 0 Å². The first-order chi connectivity index (χ1) is 3.31. The lowest BCUT2D eigenvalue weighted by Gasteiger charge is -2.03. The molecule has 0 aromatic rings. The van der Waals surface area contributed by atoms with Crippen LogP contribution >= 0.6 is 0 Å². The first kappa shape index (κ1) is 6.92. The minimum absolute atomic E-state index is 0.227. The number of methoxy groups -OCH3 is 1. The second-order valence-corrected chi connectivity index (χ2v) is 1.62. The number of nitrogens with two attached hydrogens (primary N) is 1. The van der Waals surface area contributed by atoms with E-state index in [4.69, 9.17) is 10.5 Å². The summed E-state index contributed by atoms with van der Waals surface area (Å²) in [6.45, 7) is 2.72. The second kappa shape index (κ2) is 4.09. The van der Waals surface area contributed by atoms with Crippen LogP contribution in [0.3, 0.4) is 0 Å². The van der Waals surface area contributed by atoms with Gasteiger partial charge in [-0.15, -0.1) is 0 Å². The molecule has 0 spiro atoms. The van der Waals surface area contributed by atoms with Gasteiger partial charge in [-0.3, -0.25) is 0 Å². The molecule has 2 nitrogen and oxygen atoms in total. The fourth-order valence-electron chi connectivity index (χ4n) is 0.332. The summed E-state index contributed by atoms with van der Waals surface area (Å²) in [5.41, 5.74) is 5.46. The van der Waals surface area contributed by atoms with Gasteiger partial charge in [0.05, 0.1) is 6.61 Å². The van der Waals surface area contributed by atoms with Gasteiger partial charge in [0, 0.05) is 13.2 Å². The topological polar surface area (TPSA) is 35.2 Å². The van der Waals surface area contributed by atoms with Crippen LogP contribution in [-0.4, -0.2) is 19.8 Å². The van der Waals surface area contributed by atoms with Crippen LogP contribution in [-0.2, 0) is 4.74 Å². The van der Waals surface area contributed by atoms with Gasteiger partial charge in [0.25, 0.3) is 0 Å². The van der Waals surface area contributed by atoms with Crippen LogP contribution in [0.2, 0.25) is 0 Å². The summed E-state index contributed by atoms with van der Waals surface area (Å²) in [5.74, 6) is 0. The maximum Gasteiger partial charge on any atom is 0.0613 e. The molecule has 44 valence electrons. The Morgan fingerprint density at radius 2 is 2.29 bits per heavy atom. The van der Waals surface area contributed by atoms with Crippen LogP contribution in [0.15, 0.2) is 0 Å². The average Bonchev–Trinajstić information content (AvgIpc) is 1.68. The van der Waals surface area contributed by atoms with Crippen molar-refractivity contribution < 1.29 is 4.74 Å². The van der Waals surface area contributed by atoms with E-state index in [1.165, 1.54) is 0 Å². The zero-order valence-electron chi connectivity index (χ0n) is 4.98. The van der Waals surface area contributed by atoms with Crippen LogP contribution in [0.25, 0.3) is 0 Å². The van der Waals surface area contributed by atoms with Gasteiger partial charge in [0.1, 0.15) is 0 Å². The molecule has 2 N–H and O–H groups in total. The van der Waals surface area contributed by atoms with Crippen molar-refractivity contribution in [1.29, 1.82) is 0 Å². The molecular weight excluding hydrogens is 90.1 g/mol. The third-order valence-corrected chi connectivity index (χ3v) is 0.905. The summed E-state index contributed by atoms with van der Waals surface area (Å²) in [7, 11) is 1.66. The molecule has 0 rings (SSSR count). The minimum Gasteiger partial charge on any atom is -0.383 e. The molecule has 7 heavy (non-hydrogen) atoms. The lowest BCUT2D eigenvalue weighted by molar-refractivity contribution is 0.179. The molecule has 0 amide bonds. The Kier molecular flexibility index (Phi) is 4.04. The van der Waals surface area contributed by atoms with E-state index in [0.29, 0.717) is 6.61 Å². The Hall–Kier alpha value is -0.0800. The van der Waals surface area contributed by atoms with Crippen LogP contribution in [0, 0.1) is 0 Å². The van der Waals surface area contributed by atoms with Gasteiger partial charge in [0.2, 0.25) is 0 Å². The smallest absolute Gasteiger partial charge is 0.0613 e. The van der Waals surface area contributed by atoms with E-state index in [1.54, 1.807) is 7.11 Å². The molecule has 0 radical (unpaired) electrons. The fraction of sp³-hybridized carbons (Fsp3) is 1.00. The zero-order chi connectivity index (χ0) is 5.70. The largest absolute Gasteiger partial charge is 0.383 e.